The van der Waals surface area contributed by atoms with Gasteiger partial charge in [0.1, 0.15) is 16.8 Å². The quantitative estimate of drug-likeness (QED) is 0.0825. The van der Waals surface area contributed by atoms with Gasteiger partial charge in [-0.3, -0.25) is 14.4 Å². The van der Waals surface area contributed by atoms with Crippen LogP contribution in [0.3, 0.4) is 0 Å². The molecule has 0 heterocycles. The Balaban J connectivity index is 1.43. The molecule has 5 aromatic carbocycles. The molecule has 3 amide bonds. The Morgan fingerprint density at radius 1 is 0.745 bits per heavy atom. The van der Waals surface area contributed by atoms with Gasteiger partial charge in [0.25, 0.3) is 11.8 Å². The average molecular weight is 726 g/mol. The molecular formula is C39H33ClFN3O6S. The summed E-state index contributed by atoms with van der Waals surface area (Å²) in [5, 5.41) is 7.57. The summed E-state index contributed by atoms with van der Waals surface area (Å²) < 4.78 is 30.1. The number of benzene rings is 5. The monoisotopic (exact) mass is 725 g/mol. The number of carbonyl (C=O) groups is 3. The second kappa shape index (κ2) is 17.2. The lowest BCUT2D eigenvalue weighted by atomic mass is 10.1. The van der Waals surface area contributed by atoms with E-state index < -0.39 is 22.9 Å². The number of anilines is 2. The van der Waals surface area contributed by atoms with Gasteiger partial charge in [-0.05, 0) is 77.9 Å². The lowest BCUT2D eigenvalue weighted by molar-refractivity contribution is -0.116. The van der Waals surface area contributed by atoms with E-state index in [4.69, 9.17) is 25.8 Å². The first-order chi connectivity index (χ1) is 24.7. The van der Waals surface area contributed by atoms with Gasteiger partial charge < -0.3 is 30.2 Å². The van der Waals surface area contributed by atoms with Crippen LogP contribution in [0.1, 0.15) is 26.7 Å². The Labute approximate surface area is 303 Å². The molecule has 0 aromatic heterocycles. The molecule has 5 rings (SSSR count). The van der Waals surface area contributed by atoms with Gasteiger partial charge in [0.15, 0.2) is 11.5 Å². The molecular weight excluding hydrogens is 693 g/mol. The average Bonchev–Trinajstić information content (AvgIpc) is 3.15. The minimum absolute atomic E-state index is 0.0596. The van der Waals surface area contributed by atoms with Gasteiger partial charge in [-0.1, -0.05) is 66.2 Å². The highest BCUT2D eigenvalue weighted by atomic mass is 35.5. The molecule has 1 atom stereocenters. The Kier molecular flexibility index (Phi) is 12.3. The lowest BCUT2D eigenvalue weighted by Gasteiger charge is -2.18. The number of hydrogen-bond acceptors (Lipinski definition) is 7. The number of carbonyl (C=O) groups excluding carboxylic acids is 3. The fourth-order valence-electron chi connectivity index (χ4n) is 4.96. The van der Waals surface area contributed by atoms with Crippen LogP contribution in [0, 0.1) is 5.82 Å². The topological polar surface area (TPSA) is 115 Å². The third-order valence-corrected chi connectivity index (χ3v) is 8.94. The molecule has 0 saturated carbocycles. The first kappa shape index (κ1) is 36.5. The number of rotatable bonds is 13. The molecule has 0 aliphatic heterocycles. The zero-order valence-electron chi connectivity index (χ0n) is 27.7. The van der Waals surface area contributed by atoms with Crippen molar-refractivity contribution in [2.75, 3.05) is 32.0 Å². The summed E-state index contributed by atoms with van der Waals surface area (Å²) in [7, 11) is 4.44. The van der Waals surface area contributed by atoms with E-state index in [0.29, 0.717) is 44.6 Å². The van der Waals surface area contributed by atoms with Crippen LogP contribution < -0.4 is 30.2 Å². The van der Waals surface area contributed by atoms with E-state index in [1.807, 2.05) is 36.4 Å². The van der Waals surface area contributed by atoms with Gasteiger partial charge in [0.05, 0.1) is 26.4 Å². The van der Waals surface area contributed by atoms with Gasteiger partial charge in [0, 0.05) is 21.8 Å². The molecule has 3 N–H and O–H groups in total. The number of halogens is 2. The molecule has 0 saturated heterocycles. The summed E-state index contributed by atoms with van der Waals surface area (Å²) in [4.78, 5) is 41.3. The molecule has 5 aromatic rings. The largest absolute Gasteiger partial charge is 0.493 e. The van der Waals surface area contributed by atoms with E-state index in [-0.39, 0.29) is 16.6 Å². The van der Waals surface area contributed by atoms with Crippen LogP contribution in [-0.4, -0.2) is 39.1 Å². The highest BCUT2D eigenvalue weighted by Gasteiger charge is 2.23. The molecule has 0 fully saturated rings. The molecule has 0 aliphatic rings. The summed E-state index contributed by atoms with van der Waals surface area (Å²) in [6.07, 6.45) is 1.50. The summed E-state index contributed by atoms with van der Waals surface area (Å²) >= 11 is 7.19. The predicted octanol–water partition coefficient (Wildman–Crippen LogP) is 8.39. The van der Waals surface area contributed by atoms with Crippen molar-refractivity contribution < 1.29 is 33.0 Å². The standard InChI is InChI=1S/C39H33ClFN3O6S/c1-48-33-20-24(21-34(49-2)35(33)50-3)19-32(44-37(45)26-13-8-5-9-14-26)38(46)42-27-15-10-16-29(22-27)51-36(25-11-6-4-7-12-25)39(47)43-28-17-18-31(41)30(40)23-28/h4-23,36H,1-3H3,(H,42,46)(H,43,47)(H,44,45)/b32-19+. The Hall–Kier alpha value is -5.78. The number of hydrogen-bond donors (Lipinski definition) is 3. The van der Waals surface area contributed by atoms with Gasteiger partial charge in [0.2, 0.25) is 11.7 Å². The highest BCUT2D eigenvalue weighted by molar-refractivity contribution is 8.00. The van der Waals surface area contributed by atoms with Crippen molar-refractivity contribution in [1.82, 2.24) is 5.32 Å². The van der Waals surface area contributed by atoms with Crippen molar-refractivity contribution in [1.29, 1.82) is 0 Å². The van der Waals surface area contributed by atoms with Crippen molar-refractivity contribution >= 4 is 58.5 Å². The molecule has 0 bridgehead atoms. The molecule has 1 unspecified atom stereocenters. The number of nitrogens with one attached hydrogen (secondary N) is 3. The number of amides is 3. The fraction of sp³-hybridized carbons (Fsp3) is 0.103. The molecule has 0 spiro atoms. The maximum absolute atomic E-state index is 13.8. The first-order valence-corrected chi connectivity index (χ1v) is 16.7. The molecule has 51 heavy (non-hydrogen) atoms. The van der Waals surface area contributed by atoms with Crippen LogP contribution in [0.2, 0.25) is 5.02 Å². The molecule has 260 valence electrons. The van der Waals surface area contributed by atoms with Crippen LogP contribution in [0.5, 0.6) is 17.2 Å². The SMILES string of the molecule is COc1cc(/C=C(/NC(=O)c2ccccc2)C(=O)Nc2cccc(SC(C(=O)Nc3ccc(F)c(Cl)c3)c3ccccc3)c2)cc(OC)c1OC. The zero-order valence-corrected chi connectivity index (χ0v) is 29.3. The first-order valence-electron chi connectivity index (χ1n) is 15.5. The second-order valence-corrected chi connectivity index (χ2v) is 12.4. The smallest absolute Gasteiger partial charge is 0.272 e. The Morgan fingerprint density at radius 3 is 2.02 bits per heavy atom. The fourth-order valence-corrected chi connectivity index (χ4v) is 6.22. The van der Waals surface area contributed by atoms with Gasteiger partial charge in [-0.25, -0.2) is 4.39 Å². The minimum atomic E-state index is -0.721. The van der Waals surface area contributed by atoms with E-state index in [1.165, 1.54) is 57.4 Å². The second-order valence-electron chi connectivity index (χ2n) is 10.8. The molecule has 0 aliphatic carbocycles. The normalized spacial score (nSPS) is 11.6. The van der Waals surface area contributed by atoms with Crippen LogP contribution >= 0.6 is 23.4 Å². The number of methoxy groups -OCH3 is 3. The summed E-state index contributed by atoms with van der Waals surface area (Å²) in [6, 6.07) is 31.9. The van der Waals surface area contributed by atoms with E-state index in [2.05, 4.69) is 16.0 Å². The van der Waals surface area contributed by atoms with Crippen LogP contribution in [0.25, 0.3) is 6.08 Å². The maximum atomic E-state index is 13.8. The number of ether oxygens (including phenoxy) is 3. The van der Waals surface area contributed by atoms with E-state index in [1.54, 1.807) is 60.7 Å². The predicted molar refractivity (Wildman–Crippen MR) is 198 cm³/mol. The third kappa shape index (κ3) is 9.47. The summed E-state index contributed by atoms with van der Waals surface area (Å²) in [5.74, 6) is -0.961. The van der Waals surface area contributed by atoms with Crippen LogP contribution in [0.4, 0.5) is 15.8 Å². The Bertz CT molecular complexity index is 2040. The zero-order chi connectivity index (χ0) is 36.3. The number of thioether (sulfide) groups is 1. The van der Waals surface area contributed by atoms with Crippen LogP contribution in [-0.2, 0) is 9.59 Å². The van der Waals surface area contributed by atoms with E-state index >= 15 is 0 Å². The van der Waals surface area contributed by atoms with Gasteiger partial charge in [-0.15, -0.1) is 11.8 Å². The summed E-state index contributed by atoms with van der Waals surface area (Å²) in [5.41, 5.74) is 2.27. The minimum Gasteiger partial charge on any atom is -0.493 e. The molecule has 12 heteroatoms. The van der Waals surface area contributed by atoms with Crippen LogP contribution in [0.15, 0.2) is 126 Å². The summed E-state index contributed by atoms with van der Waals surface area (Å²) in [6.45, 7) is 0. The molecule has 9 nitrogen and oxygen atoms in total. The molecule has 0 radical (unpaired) electrons. The van der Waals surface area contributed by atoms with Crippen molar-refractivity contribution in [3.8, 4) is 17.2 Å². The van der Waals surface area contributed by atoms with Crippen molar-refractivity contribution in [2.24, 2.45) is 0 Å². The van der Waals surface area contributed by atoms with Crippen molar-refractivity contribution in [2.45, 2.75) is 10.1 Å². The van der Waals surface area contributed by atoms with Gasteiger partial charge >= 0.3 is 0 Å². The highest BCUT2D eigenvalue weighted by Crippen LogP contribution is 2.39. The maximum Gasteiger partial charge on any atom is 0.272 e. The van der Waals surface area contributed by atoms with E-state index in [9.17, 15) is 18.8 Å². The van der Waals surface area contributed by atoms with Crippen molar-refractivity contribution in [3.05, 3.63) is 148 Å². The Morgan fingerprint density at radius 2 is 1.39 bits per heavy atom. The third-order valence-electron chi connectivity index (χ3n) is 7.40. The van der Waals surface area contributed by atoms with Crippen molar-refractivity contribution in [3.63, 3.8) is 0 Å². The van der Waals surface area contributed by atoms with Gasteiger partial charge in [-0.2, -0.15) is 0 Å². The van der Waals surface area contributed by atoms with E-state index in [0.717, 1.165) is 5.56 Å². The lowest BCUT2D eigenvalue weighted by Crippen LogP contribution is -2.30.